The first kappa shape index (κ1) is 20.3. The van der Waals surface area contributed by atoms with E-state index in [4.69, 9.17) is 4.74 Å². The van der Waals surface area contributed by atoms with Gasteiger partial charge in [0.2, 0.25) is 15.8 Å². The van der Waals surface area contributed by atoms with Crippen molar-refractivity contribution < 1.29 is 22.7 Å². The summed E-state index contributed by atoms with van der Waals surface area (Å²) in [6.07, 6.45) is 1.71. The molecule has 1 aliphatic rings. The van der Waals surface area contributed by atoms with Gasteiger partial charge in [0.1, 0.15) is 0 Å². The van der Waals surface area contributed by atoms with Gasteiger partial charge in [-0.05, 0) is 50.1 Å². The molecule has 0 radical (unpaired) electrons. The van der Waals surface area contributed by atoms with Crippen molar-refractivity contribution in [3.8, 4) is 0 Å². The number of para-hydroxylation sites is 1. The normalized spacial score (nSPS) is 14.8. The number of rotatable bonds is 6. The van der Waals surface area contributed by atoms with Crippen LogP contribution in [0.2, 0.25) is 0 Å². The predicted octanol–water partition coefficient (Wildman–Crippen LogP) is 3.30. The van der Waals surface area contributed by atoms with Crippen molar-refractivity contribution in [2.75, 3.05) is 19.7 Å². The van der Waals surface area contributed by atoms with Crippen LogP contribution >= 0.6 is 0 Å². The van der Waals surface area contributed by atoms with E-state index < -0.39 is 22.6 Å². The van der Waals surface area contributed by atoms with E-state index in [-0.39, 0.29) is 16.2 Å². The summed E-state index contributed by atoms with van der Waals surface area (Å²) < 4.78 is 31.8. The molecule has 0 unspecified atom stereocenters. The summed E-state index contributed by atoms with van der Waals surface area (Å²) >= 11 is 0. The van der Waals surface area contributed by atoms with Gasteiger partial charge in [-0.1, -0.05) is 18.2 Å². The molecule has 0 aliphatic carbocycles. The number of sulfonamides is 1. The van der Waals surface area contributed by atoms with Gasteiger partial charge in [0.05, 0.1) is 10.5 Å². The number of fused-ring (bicyclic) bond motifs is 1. The molecule has 0 amide bonds. The Morgan fingerprint density at radius 3 is 2.40 bits per heavy atom. The Labute approximate surface area is 174 Å². The number of carbonyl (C=O) groups excluding carboxylic acids is 2. The van der Waals surface area contributed by atoms with Gasteiger partial charge in [-0.3, -0.25) is 4.79 Å². The van der Waals surface area contributed by atoms with Gasteiger partial charge in [0.15, 0.2) is 6.61 Å². The standard InChI is InChI=1S/C22H22N2O5S/c1-15-21(18-6-2-3-7-19(18)23-15)20(25)14-29-22(26)16-8-10-17(11-9-16)30(27,28)24-12-4-5-13-24/h2-3,6-11,23H,4-5,12-14H2,1H3. The summed E-state index contributed by atoms with van der Waals surface area (Å²) in [7, 11) is -3.54. The second-order valence-corrected chi connectivity index (χ2v) is 9.24. The Kier molecular flexibility index (Phi) is 5.44. The van der Waals surface area contributed by atoms with Gasteiger partial charge in [0.25, 0.3) is 0 Å². The fraction of sp³-hybridized carbons (Fsp3) is 0.273. The quantitative estimate of drug-likeness (QED) is 0.482. The maximum atomic E-state index is 12.6. The zero-order valence-electron chi connectivity index (χ0n) is 16.6. The van der Waals surface area contributed by atoms with Crippen molar-refractivity contribution in [3.63, 3.8) is 0 Å². The smallest absolute Gasteiger partial charge is 0.338 e. The summed E-state index contributed by atoms with van der Waals surface area (Å²) in [5.41, 5.74) is 2.26. The lowest BCUT2D eigenvalue weighted by Crippen LogP contribution is -2.27. The lowest BCUT2D eigenvalue weighted by molar-refractivity contribution is 0.0475. The van der Waals surface area contributed by atoms with Crippen LogP contribution in [0.25, 0.3) is 10.9 Å². The predicted molar refractivity (Wildman–Crippen MR) is 112 cm³/mol. The second kappa shape index (κ2) is 8.04. The Morgan fingerprint density at radius 2 is 1.70 bits per heavy atom. The van der Waals surface area contributed by atoms with E-state index in [9.17, 15) is 18.0 Å². The van der Waals surface area contributed by atoms with Crippen molar-refractivity contribution in [1.29, 1.82) is 0 Å². The molecule has 2 aromatic carbocycles. The maximum Gasteiger partial charge on any atom is 0.338 e. The number of H-pyrrole nitrogens is 1. The molecule has 0 bridgehead atoms. The van der Waals surface area contributed by atoms with Crippen LogP contribution < -0.4 is 0 Å². The number of carbonyl (C=O) groups is 2. The zero-order valence-corrected chi connectivity index (χ0v) is 17.4. The number of hydrogen-bond donors (Lipinski definition) is 1. The number of esters is 1. The minimum atomic E-state index is -3.54. The van der Waals surface area contributed by atoms with Gasteiger partial charge in [-0.25, -0.2) is 13.2 Å². The van der Waals surface area contributed by atoms with Crippen molar-refractivity contribution in [1.82, 2.24) is 9.29 Å². The number of benzene rings is 2. The highest BCUT2D eigenvalue weighted by atomic mass is 32.2. The van der Waals surface area contributed by atoms with Gasteiger partial charge >= 0.3 is 5.97 Å². The van der Waals surface area contributed by atoms with Gasteiger partial charge in [-0.2, -0.15) is 4.31 Å². The van der Waals surface area contributed by atoms with Crippen molar-refractivity contribution in [3.05, 3.63) is 65.4 Å². The average molecular weight is 426 g/mol. The molecule has 1 saturated heterocycles. The van der Waals surface area contributed by atoms with Crippen molar-refractivity contribution in [2.24, 2.45) is 0 Å². The van der Waals surface area contributed by atoms with Gasteiger partial charge in [0, 0.05) is 35.2 Å². The Morgan fingerprint density at radius 1 is 1.03 bits per heavy atom. The van der Waals surface area contributed by atoms with Gasteiger partial charge < -0.3 is 9.72 Å². The number of nitrogens with zero attached hydrogens (tertiary/aromatic N) is 1. The highest BCUT2D eigenvalue weighted by Gasteiger charge is 2.27. The van der Waals surface area contributed by atoms with E-state index in [0.717, 1.165) is 23.7 Å². The van der Waals surface area contributed by atoms with Gasteiger partial charge in [-0.15, -0.1) is 0 Å². The minimum absolute atomic E-state index is 0.145. The van der Waals surface area contributed by atoms with Crippen LogP contribution in [0.3, 0.4) is 0 Å². The number of aromatic amines is 1. The Bertz CT molecular complexity index is 1210. The average Bonchev–Trinajstić information content (AvgIpc) is 3.39. The van der Waals surface area contributed by atoms with Crippen LogP contribution in [0, 0.1) is 6.92 Å². The molecule has 30 heavy (non-hydrogen) atoms. The maximum absolute atomic E-state index is 12.6. The molecule has 1 N–H and O–H groups in total. The van der Waals surface area contributed by atoms with Crippen LogP contribution in [0.1, 0.15) is 39.3 Å². The molecule has 2 heterocycles. The first-order chi connectivity index (χ1) is 14.4. The molecule has 7 nitrogen and oxygen atoms in total. The number of Topliss-reactive ketones (excluding diaryl/α,β-unsaturated/α-hetero) is 1. The molecule has 0 spiro atoms. The monoisotopic (exact) mass is 426 g/mol. The molecule has 0 saturated carbocycles. The molecular weight excluding hydrogens is 404 g/mol. The lowest BCUT2D eigenvalue weighted by Gasteiger charge is -2.15. The first-order valence-electron chi connectivity index (χ1n) is 9.76. The summed E-state index contributed by atoms with van der Waals surface area (Å²) in [4.78, 5) is 28.3. The van der Waals surface area contributed by atoms with E-state index in [1.165, 1.54) is 28.6 Å². The topological polar surface area (TPSA) is 96.5 Å². The third kappa shape index (κ3) is 3.76. The molecule has 1 aromatic heterocycles. The van der Waals surface area contributed by atoms with E-state index in [0.29, 0.717) is 24.3 Å². The summed E-state index contributed by atoms with van der Waals surface area (Å²) in [5.74, 6) is -0.975. The van der Waals surface area contributed by atoms with Crippen molar-refractivity contribution >= 4 is 32.7 Å². The third-order valence-corrected chi connectivity index (χ3v) is 7.21. The molecule has 1 fully saturated rings. The summed E-state index contributed by atoms with van der Waals surface area (Å²) in [6.45, 7) is 2.44. The van der Waals surface area contributed by atoms with E-state index in [1.807, 2.05) is 24.3 Å². The molecule has 156 valence electrons. The number of ketones is 1. The highest BCUT2D eigenvalue weighted by molar-refractivity contribution is 7.89. The van der Waals surface area contributed by atoms with Crippen LogP contribution in [-0.4, -0.2) is 49.2 Å². The third-order valence-electron chi connectivity index (χ3n) is 5.30. The zero-order chi connectivity index (χ0) is 21.3. The SMILES string of the molecule is Cc1[nH]c2ccccc2c1C(=O)COC(=O)c1ccc(S(=O)(=O)N2CCCC2)cc1. The van der Waals surface area contributed by atoms with E-state index in [1.54, 1.807) is 6.92 Å². The Balaban J connectivity index is 1.44. The molecule has 3 aromatic rings. The number of ether oxygens (including phenoxy) is 1. The van der Waals surface area contributed by atoms with Crippen LogP contribution in [0.4, 0.5) is 0 Å². The molecular formula is C22H22N2O5S. The lowest BCUT2D eigenvalue weighted by atomic mass is 10.1. The molecule has 1 aliphatic heterocycles. The molecule has 0 atom stereocenters. The fourth-order valence-corrected chi connectivity index (χ4v) is 5.28. The van der Waals surface area contributed by atoms with E-state index >= 15 is 0 Å². The van der Waals surface area contributed by atoms with Crippen LogP contribution in [-0.2, 0) is 14.8 Å². The van der Waals surface area contributed by atoms with Crippen LogP contribution in [0.5, 0.6) is 0 Å². The Hall–Kier alpha value is -2.97. The van der Waals surface area contributed by atoms with Crippen LogP contribution in [0.15, 0.2) is 53.4 Å². The number of aryl methyl sites for hydroxylation is 1. The number of nitrogens with one attached hydrogen (secondary N) is 1. The number of hydrogen-bond acceptors (Lipinski definition) is 5. The number of aromatic nitrogens is 1. The highest BCUT2D eigenvalue weighted by Crippen LogP contribution is 2.23. The fourth-order valence-electron chi connectivity index (χ4n) is 3.76. The molecule has 4 rings (SSSR count). The summed E-state index contributed by atoms with van der Waals surface area (Å²) in [5, 5.41) is 0.785. The van der Waals surface area contributed by atoms with Crippen molar-refractivity contribution in [2.45, 2.75) is 24.7 Å². The largest absolute Gasteiger partial charge is 0.454 e. The minimum Gasteiger partial charge on any atom is -0.454 e. The second-order valence-electron chi connectivity index (χ2n) is 7.31. The van der Waals surface area contributed by atoms with E-state index in [2.05, 4.69) is 4.98 Å². The first-order valence-corrected chi connectivity index (χ1v) is 11.2. The molecule has 8 heteroatoms. The summed E-state index contributed by atoms with van der Waals surface area (Å²) in [6, 6.07) is 13.1.